The van der Waals surface area contributed by atoms with Crippen molar-refractivity contribution < 1.29 is 30.5 Å². The zero-order valence-electron chi connectivity index (χ0n) is 10.4. The van der Waals surface area contributed by atoms with Gasteiger partial charge in [0.2, 0.25) is 0 Å². The van der Waals surface area contributed by atoms with Crippen LogP contribution in [-0.2, 0) is 18.9 Å². The summed E-state index contributed by atoms with van der Waals surface area (Å²) in [6.45, 7) is 2.76. The molecule has 0 aromatic rings. The average Bonchev–Trinajstić information content (AvgIpc) is 2.22. The van der Waals surface area contributed by atoms with Gasteiger partial charge in [-0.2, -0.15) is 0 Å². The molecule has 0 rings (SSSR count). The summed E-state index contributed by atoms with van der Waals surface area (Å²) in [5, 5.41) is 0. The molecule has 4 nitrogen and oxygen atoms in total. The molecular weight excluding hydrogens is 364 g/mol. The van der Waals surface area contributed by atoms with Crippen molar-refractivity contribution in [1.82, 2.24) is 0 Å². The van der Waals surface area contributed by atoms with E-state index in [1.54, 1.807) is 28.4 Å². The summed E-state index contributed by atoms with van der Waals surface area (Å²) >= 11 is -7.02. The van der Waals surface area contributed by atoms with Gasteiger partial charge in [0.15, 0.2) is 0 Å². The molecule has 0 spiro atoms. The fraction of sp³-hybridized carbons (Fsp3) is 1.00. The Morgan fingerprint density at radius 2 is 0.706 bits per heavy atom. The van der Waals surface area contributed by atoms with Crippen molar-refractivity contribution in [3.05, 3.63) is 0 Å². The van der Waals surface area contributed by atoms with Gasteiger partial charge in [-0.15, -0.1) is 0 Å². The van der Waals surface area contributed by atoms with Crippen molar-refractivity contribution in [1.29, 1.82) is 0 Å². The van der Waals surface area contributed by atoms with Crippen molar-refractivity contribution in [3.8, 4) is 0 Å². The molecule has 9 heteroatoms. The van der Waals surface area contributed by atoms with Crippen LogP contribution in [0.4, 0.5) is 11.6 Å². The van der Waals surface area contributed by atoms with Crippen LogP contribution in [0.15, 0.2) is 0 Å². The normalized spacial score (nSPS) is 10.8. The van der Waals surface area contributed by atoms with E-state index in [0.29, 0.717) is 26.4 Å². The first-order valence-electron chi connectivity index (χ1n) is 4.40. The summed E-state index contributed by atoms with van der Waals surface area (Å²) in [4.78, 5) is 0. The molecule has 0 aromatic heterocycles. The summed E-state index contributed by atoms with van der Waals surface area (Å²) in [6, 6.07) is 0. The Balaban J connectivity index is -0.000000174. The molecule has 0 aromatic carbocycles. The van der Waals surface area contributed by atoms with E-state index in [2.05, 4.69) is 18.9 Å². The van der Waals surface area contributed by atoms with Crippen LogP contribution in [0.2, 0.25) is 0 Å². The van der Waals surface area contributed by atoms with Gasteiger partial charge in [0.05, 0.1) is 26.4 Å². The molecule has 0 amide bonds. The van der Waals surface area contributed by atoms with Gasteiger partial charge in [-0.3, -0.25) is 0 Å². The third kappa shape index (κ3) is 83.5. The predicted octanol–water partition coefficient (Wildman–Crippen LogP) is 1.86. The van der Waals surface area contributed by atoms with Crippen molar-refractivity contribution in [2.75, 3.05) is 54.9 Å². The van der Waals surface area contributed by atoms with Gasteiger partial charge >= 0.3 is 32.0 Å². The first-order valence-corrected chi connectivity index (χ1v) is 7.93. The maximum atomic E-state index is 9.88. The van der Waals surface area contributed by atoms with E-state index >= 15 is 0 Å². The molecule has 0 unspecified atom stereocenters. The van der Waals surface area contributed by atoms with Crippen molar-refractivity contribution in [2.45, 2.75) is 0 Å². The fourth-order valence-corrected chi connectivity index (χ4v) is 0.333. The Morgan fingerprint density at radius 1 is 0.588 bits per heavy atom. The summed E-state index contributed by atoms with van der Waals surface area (Å²) in [7, 11) is 6.61. The molecule has 17 heavy (non-hydrogen) atoms. The Labute approximate surface area is 106 Å². The second-order valence-electron chi connectivity index (χ2n) is 2.32. The van der Waals surface area contributed by atoms with Crippen LogP contribution >= 0.6 is 0 Å². The van der Waals surface area contributed by atoms with E-state index in [1.165, 1.54) is 0 Å². The van der Waals surface area contributed by atoms with Gasteiger partial charge in [-0.05, 0) is 0 Å². The minimum absolute atomic E-state index is 0.691. The molecule has 0 atom stereocenters. The molecule has 0 aliphatic rings. The molecule has 0 N–H and O–H groups in total. The van der Waals surface area contributed by atoms with E-state index in [-0.39, 0.29) is 0 Å². The summed E-state index contributed by atoms with van der Waals surface area (Å²) in [6.07, 6.45) is 0. The Kier molecular flexibility index (Phi) is 24.8. The second-order valence-corrected chi connectivity index (χ2v) is 4.32. The number of methoxy groups -OCH3 is 4. The van der Waals surface area contributed by atoms with Gasteiger partial charge in [-0.1, -0.05) is 0 Å². The Bertz CT molecular complexity index is 105. The van der Waals surface area contributed by atoms with Gasteiger partial charge in [-0.25, -0.2) is 0 Å². The summed E-state index contributed by atoms with van der Waals surface area (Å²) in [5.41, 5.74) is 0. The fourth-order valence-electron chi connectivity index (χ4n) is 0.333. The first-order chi connectivity index (χ1) is 7.83. The van der Waals surface area contributed by atoms with Crippen molar-refractivity contribution in [2.24, 2.45) is 0 Å². The zero-order chi connectivity index (χ0) is 14.2. The number of halogens is 4. The molecule has 0 aliphatic heterocycles. The first kappa shape index (κ1) is 22.5. The quantitative estimate of drug-likeness (QED) is 0.398. The van der Waals surface area contributed by atoms with Crippen molar-refractivity contribution >= 4 is 20.5 Å². The van der Waals surface area contributed by atoms with Crippen LogP contribution in [0.1, 0.15) is 0 Å². The van der Waals surface area contributed by atoms with Gasteiger partial charge in [0, 0.05) is 28.4 Å². The maximum absolute atomic E-state index is 9.88. The summed E-state index contributed by atoms with van der Waals surface area (Å²) < 4.78 is 58.1. The van der Waals surface area contributed by atoms with E-state index < -0.39 is 20.5 Å². The molecule has 110 valence electrons. The molecule has 0 heterocycles. The zero-order valence-corrected chi connectivity index (χ0v) is 12.7. The van der Waals surface area contributed by atoms with Crippen LogP contribution in [0.5, 0.6) is 0 Å². The Morgan fingerprint density at radius 3 is 0.765 bits per heavy atom. The molecule has 0 fully saturated rings. The minimum atomic E-state index is -7.02. The van der Waals surface area contributed by atoms with E-state index in [0.717, 1.165) is 0 Å². The topological polar surface area (TPSA) is 36.9 Å². The average molecular weight is 384 g/mol. The van der Waals surface area contributed by atoms with Gasteiger partial charge < -0.3 is 18.9 Å². The number of hydrogen-bond acceptors (Lipinski definition) is 4. The summed E-state index contributed by atoms with van der Waals surface area (Å²) in [5.74, 6) is 0. The SMILES string of the molecule is COCCOC.COCCOC.F[Te](F)(F)F. The van der Waals surface area contributed by atoms with Crippen molar-refractivity contribution in [3.63, 3.8) is 0 Å². The number of ether oxygens (including phenoxy) is 4. The number of rotatable bonds is 6. The van der Waals surface area contributed by atoms with Crippen LogP contribution in [0.25, 0.3) is 0 Å². The van der Waals surface area contributed by atoms with E-state index in [4.69, 9.17) is 0 Å². The van der Waals surface area contributed by atoms with Gasteiger partial charge in [0.25, 0.3) is 0 Å². The van der Waals surface area contributed by atoms with Crippen LogP contribution in [-0.4, -0.2) is 75.3 Å². The monoisotopic (exact) mass is 386 g/mol. The third-order valence-corrected chi connectivity index (χ3v) is 0.983. The molecule has 0 saturated heterocycles. The molecule has 0 saturated carbocycles. The van der Waals surface area contributed by atoms with Crippen LogP contribution in [0.3, 0.4) is 0 Å². The second kappa shape index (κ2) is 18.7. The van der Waals surface area contributed by atoms with E-state index in [9.17, 15) is 11.6 Å². The van der Waals surface area contributed by atoms with E-state index in [1.807, 2.05) is 0 Å². The van der Waals surface area contributed by atoms with Crippen LogP contribution in [0, 0.1) is 0 Å². The molecule has 0 radical (unpaired) electrons. The Hall–Kier alpha value is 0.350. The van der Waals surface area contributed by atoms with Crippen LogP contribution < -0.4 is 0 Å². The third-order valence-electron chi connectivity index (χ3n) is 0.983. The standard InChI is InChI=1S/2C4H10O2.F4Te/c2*1-5-3-4-6-2;1-5(2,3)4/h2*3-4H2,1-2H3;. The van der Waals surface area contributed by atoms with Gasteiger partial charge in [0.1, 0.15) is 0 Å². The molecule has 0 bridgehead atoms. The number of hydrogen-bond donors (Lipinski definition) is 0. The predicted molar refractivity (Wildman–Crippen MR) is 57.7 cm³/mol. The molecule has 0 aliphatic carbocycles. The molecular formula is C8H20F4O4Te.